The van der Waals surface area contributed by atoms with Crippen LogP contribution in [0.25, 0.3) is 0 Å². The normalized spacial score (nSPS) is 35.3. The molecule has 2 unspecified atom stereocenters. The summed E-state index contributed by atoms with van der Waals surface area (Å²) in [5.74, 6) is 0. The predicted molar refractivity (Wildman–Crippen MR) is 69.2 cm³/mol. The summed E-state index contributed by atoms with van der Waals surface area (Å²) >= 11 is 0. The van der Waals surface area contributed by atoms with E-state index in [4.69, 9.17) is 4.74 Å². The van der Waals surface area contributed by atoms with Crippen molar-refractivity contribution < 1.29 is 4.74 Å². The third-order valence-corrected chi connectivity index (χ3v) is 4.35. The average Bonchev–Trinajstić information content (AvgIpc) is 3.00. The van der Waals surface area contributed by atoms with E-state index in [-0.39, 0.29) is 0 Å². The van der Waals surface area contributed by atoms with Crippen molar-refractivity contribution in [3.8, 4) is 0 Å². The summed E-state index contributed by atoms with van der Waals surface area (Å²) in [6.07, 6.45) is 9.94. The molecule has 0 aromatic carbocycles. The number of rotatable bonds is 5. The Labute approximate surface area is 105 Å². The molecule has 1 N–H and O–H groups in total. The van der Waals surface area contributed by atoms with Crippen molar-refractivity contribution in [1.29, 1.82) is 0 Å². The molecule has 0 aromatic rings. The molecule has 3 aliphatic rings. The molecule has 0 bridgehead atoms. The Morgan fingerprint density at radius 3 is 2.76 bits per heavy atom. The fourth-order valence-electron chi connectivity index (χ4n) is 3.18. The van der Waals surface area contributed by atoms with Gasteiger partial charge in [0.25, 0.3) is 0 Å². The molecule has 3 nitrogen and oxygen atoms in total. The van der Waals surface area contributed by atoms with E-state index in [0.717, 1.165) is 18.7 Å². The molecule has 0 aromatic heterocycles. The van der Waals surface area contributed by atoms with Crippen LogP contribution in [0.5, 0.6) is 0 Å². The van der Waals surface area contributed by atoms with Gasteiger partial charge in [-0.1, -0.05) is 0 Å². The van der Waals surface area contributed by atoms with Crippen molar-refractivity contribution in [2.75, 3.05) is 26.2 Å². The van der Waals surface area contributed by atoms with Gasteiger partial charge < -0.3 is 15.0 Å². The Morgan fingerprint density at radius 2 is 2.00 bits per heavy atom. The molecule has 2 saturated heterocycles. The zero-order valence-corrected chi connectivity index (χ0v) is 10.9. The van der Waals surface area contributed by atoms with Crippen LogP contribution in [0, 0.1) is 0 Å². The molecule has 17 heavy (non-hydrogen) atoms. The van der Waals surface area contributed by atoms with E-state index in [2.05, 4.69) is 10.2 Å². The largest absolute Gasteiger partial charge is 0.378 e. The Kier molecular flexibility index (Phi) is 3.99. The van der Waals surface area contributed by atoms with Crippen LogP contribution in [0.15, 0.2) is 0 Å². The van der Waals surface area contributed by atoms with Gasteiger partial charge >= 0.3 is 0 Å². The maximum absolute atomic E-state index is 5.70. The number of likely N-dealkylation sites (tertiary alicyclic amines) is 1. The summed E-state index contributed by atoms with van der Waals surface area (Å²) in [4.78, 5) is 2.64. The summed E-state index contributed by atoms with van der Waals surface area (Å²) in [6, 6.07) is 1.62. The molecule has 1 aliphatic carbocycles. The van der Waals surface area contributed by atoms with E-state index in [1.165, 1.54) is 64.6 Å². The standard InChI is InChI=1S/C14H26N2O/c1-3-13(15-12-5-6-12)11-16(8-1)9-7-14-4-2-10-17-14/h12-15H,1-11H2. The number of piperidine rings is 1. The average molecular weight is 238 g/mol. The zero-order valence-electron chi connectivity index (χ0n) is 10.9. The fraction of sp³-hybridized carbons (Fsp3) is 1.00. The lowest BCUT2D eigenvalue weighted by Gasteiger charge is -2.33. The fourth-order valence-corrected chi connectivity index (χ4v) is 3.18. The quantitative estimate of drug-likeness (QED) is 0.790. The van der Waals surface area contributed by atoms with Crippen molar-refractivity contribution in [2.45, 2.75) is 63.1 Å². The highest BCUT2D eigenvalue weighted by atomic mass is 16.5. The number of ether oxygens (including phenoxy) is 1. The SMILES string of the molecule is C1COC(CCN2CCCC(NC3CC3)C2)C1. The number of hydrogen-bond acceptors (Lipinski definition) is 3. The van der Waals surface area contributed by atoms with Crippen LogP contribution in [0.2, 0.25) is 0 Å². The minimum atomic E-state index is 0.562. The van der Waals surface area contributed by atoms with Gasteiger partial charge in [-0.15, -0.1) is 0 Å². The van der Waals surface area contributed by atoms with Crippen molar-refractivity contribution in [1.82, 2.24) is 10.2 Å². The van der Waals surface area contributed by atoms with Gasteiger partial charge in [-0.05, 0) is 51.5 Å². The summed E-state index contributed by atoms with van der Waals surface area (Å²) in [6.45, 7) is 4.81. The van der Waals surface area contributed by atoms with E-state index in [9.17, 15) is 0 Å². The summed E-state index contributed by atoms with van der Waals surface area (Å²) in [5, 5.41) is 3.78. The van der Waals surface area contributed by atoms with E-state index in [1.54, 1.807) is 0 Å². The first-order chi connectivity index (χ1) is 8.40. The minimum Gasteiger partial charge on any atom is -0.378 e. The van der Waals surface area contributed by atoms with Crippen molar-refractivity contribution in [3.63, 3.8) is 0 Å². The topological polar surface area (TPSA) is 24.5 Å². The molecule has 98 valence electrons. The lowest BCUT2D eigenvalue weighted by Crippen LogP contribution is -2.47. The van der Waals surface area contributed by atoms with Crippen LogP contribution in [0.3, 0.4) is 0 Å². The van der Waals surface area contributed by atoms with E-state index in [1.807, 2.05) is 0 Å². The first kappa shape index (κ1) is 11.9. The Bertz CT molecular complexity index is 236. The van der Waals surface area contributed by atoms with Gasteiger partial charge in [0.15, 0.2) is 0 Å². The highest BCUT2D eigenvalue weighted by molar-refractivity contribution is 4.88. The second kappa shape index (κ2) is 5.68. The maximum atomic E-state index is 5.70. The Hall–Kier alpha value is -0.120. The van der Waals surface area contributed by atoms with Crippen LogP contribution < -0.4 is 5.32 Å². The minimum absolute atomic E-state index is 0.562. The van der Waals surface area contributed by atoms with Crippen LogP contribution in [-0.4, -0.2) is 49.3 Å². The smallest absolute Gasteiger partial charge is 0.0588 e. The van der Waals surface area contributed by atoms with E-state index in [0.29, 0.717) is 6.10 Å². The van der Waals surface area contributed by atoms with Crippen molar-refractivity contribution in [2.24, 2.45) is 0 Å². The molecule has 3 rings (SSSR count). The van der Waals surface area contributed by atoms with E-state index >= 15 is 0 Å². The molecule has 2 atom stereocenters. The molecule has 3 heteroatoms. The third kappa shape index (κ3) is 3.67. The number of nitrogens with one attached hydrogen (secondary N) is 1. The molecular weight excluding hydrogens is 212 g/mol. The van der Waals surface area contributed by atoms with Gasteiger partial charge in [-0.25, -0.2) is 0 Å². The van der Waals surface area contributed by atoms with Crippen molar-refractivity contribution >= 4 is 0 Å². The molecule has 0 radical (unpaired) electrons. The summed E-state index contributed by atoms with van der Waals surface area (Å²) in [7, 11) is 0. The van der Waals surface area contributed by atoms with Crippen LogP contribution in [-0.2, 0) is 4.74 Å². The number of nitrogens with zero attached hydrogens (tertiary/aromatic N) is 1. The van der Waals surface area contributed by atoms with Gasteiger partial charge in [-0.2, -0.15) is 0 Å². The third-order valence-electron chi connectivity index (χ3n) is 4.35. The Morgan fingerprint density at radius 1 is 1.06 bits per heavy atom. The first-order valence-electron chi connectivity index (χ1n) is 7.50. The molecule has 2 heterocycles. The predicted octanol–water partition coefficient (Wildman–Crippen LogP) is 1.77. The van der Waals surface area contributed by atoms with Gasteiger partial charge in [0.05, 0.1) is 6.10 Å². The lowest BCUT2D eigenvalue weighted by atomic mass is 10.0. The molecule has 3 fully saturated rings. The lowest BCUT2D eigenvalue weighted by molar-refractivity contribution is 0.0856. The monoisotopic (exact) mass is 238 g/mol. The zero-order chi connectivity index (χ0) is 11.5. The highest BCUT2D eigenvalue weighted by Crippen LogP contribution is 2.22. The van der Waals surface area contributed by atoms with Gasteiger partial charge in [0.1, 0.15) is 0 Å². The first-order valence-corrected chi connectivity index (χ1v) is 7.50. The van der Waals surface area contributed by atoms with Crippen LogP contribution >= 0.6 is 0 Å². The van der Waals surface area contributed by atoms with Gasteiger partial charge in [-0.3, -0.25) is 0 Å². The molecule has 1 saturated carbocycles. The molecule has 0 spiro atoms. The summed E-state index contributed by atoms with van der Waals surface area (Å²) < 4.78 is 5.70. The molecular formula is C14H26N2O. The second-order valence-corrected chi connectivity index (χ2v) is 6.00. The van der Waals surface area contributed by atoms with Gasteiger partial charge in [0, 0.05) is 31.8 Å². The molecule has 2 aliphatic heterocycles. The van der Waals surface area contributed by atoms with Crippen LogP contribution in [0.4, 0.5) is 0 Å². The second-order valence-electron chi connectivity index (χ2n) is 6.00. The summed E-state index contributed by atoms with van der Waals surface area (Å²) in [5.41, 5.74) is 0. The van der Waals surface area contributed by atoms with Gasteiger partial charge in [0.2, 0.25) is 0 Å². The number of hydrogen-bond donors (Lipinski definition) is 1. The highest BCUT2D eigenvalue weighted by Gasteiger charge is 2.27. The maximum Gasteiger partial charge on any atom is 0.0588 e. The van der Waals surface area contributed by atoms with E-state index < -0.39 is 0 Å². The van der Waals surface area contributed by atoms with Crippen molar-refractivity contribution in [3.05, 3.63) is 0 Å². The molecule has 0 amide bonds. The van der Waals surface area contributed by atoms with Crippen LogP contribution in [0.1, 0.15) is 44.9 Å². The Balaban J connectivity index is 1.36.